The zero-order chi connectivity index (χ0) is 13.7. The fourth-order valence-electron chi connectivity index (χ4n) is 4.01. The molecule has 0 N–H and O–H groups in total. The normalized spacial score (nSPS) is 29.6. The van der Waals surface area contributed by atoms with E-state index >= 15 is 0 Å². The first-order valence-corrected chi connectivity index (χ1v) is 8.42. The Morgan fingerprint density at radius 3 is 2.65 bits per heavy atom. The summed E-state index contributed by atoms with van der Waals surface area (Å²) in [7, 11) is 0. The van der Waals surface area contributed by atoms with Crippen molar-refractivity contribution in [3.8, 4) is 0 Å². The summed E-state index contributed by atoms with van der Waals surface area (Å²) in [5.74, 6) is 3.55. The van der Waals surface area contributed by atoms with Crippen LogP contribution in [-0.2, 0) is 0 Å². The van der Waals surface area contributed by atoms with Gasteiger partial charge in [0.25, 0.3) is 0 Å². The number of rotatable bonds is 2. The summed E-state index contributed by atoms with van der Waals surface area (Å²) in [5, 5.41) is 0.664. The topological polar surface area (TPSA) is 29.0 Å². The first kappa shape index (κ1) is 12.9. The van der Waals surface area contributed by atoms with E-state index in [0.717, 1.165) is 29.7 Å². The molecule has 20 heavy (non-hydrogen) atoms. The van der Waals surface area contributed by atoms with Gasteiger partial charge in [0.2, 0.25) is 0 Å². The van der Waals surface area contributed by atoms with Gasteiger partial charge in [-0.3, -0.25) is 0 Å². The van der Waals surface area contributed by atoms with Gasteiger partial charge in [0.05, 0.1) is 0 Å². The minimum Gasteiger partial charge on any atom is -0.353 e. The van der Waals surface area contributed by atoms with Gasteiger partial charge < -0.3 is 4.90 Å². The molecule has 0 radical (unpaired) electrons. The number of aromatic nitrogens is 2. The number of fused-ring (bicyclic) bond motifs is 1. The van der Waals surface area contributed by atoms with Crippen LogP contribution in [0, 0.1) is 12.8 Å². The Labute approximate surface area is 125 Å². The zero-order valence-electron chi connectivity index (χ0n) is 12.1. The molecule has 1 saturated heterocycles. The Kier molecular flexibility index (Phi) is 3.13. The summed E-state index contributed by atoms with van der Waals surface area (Å²) in [6.07, 6.45) is 9.24. The minimum absolute atomic E-state index is 0.566. The lowest BCUT2D eigenvalue weighted by atomic mass is 9.92. The molecule has 1 aromatic heterocycles. The Morgan fingerprint density at radius 1 is 1.05 bits per heavy atom. The molecule has 2 aliphatic carbocycles. The molecule has 3 nitrogen and oxygen atoms in total. The molecule has 4 rings (SSSR count). The average Bonchev–Trinajstić information content (AvgIpc) is 3.19. The van der Waals surface area contributed by atoms with Crippen molar-refractivity contribution < 1.29 is 0 Å². The molecule has 3 aliphatic rings. The maximum absolute atomic E-state index is 6.38. The monoisotopic (exact) mass is 291 g/mol. The summed E-state index contributed by atoms with van der Waals surface area (Å²) < 4.78 is 0. The molecular formula is C16H22ClN3. The van der Waals surface area contributed by atoms with Crippen LogP contribution < -0.4 is 4.90 Å². The van der Waals surface area contributed by atoms with Gasteiger partial charge in [-0.2, -0.15) is 0 Å². The SMILES string of the molecule is Cc1c(Cl)nc(C2CC2)nc1N1CCCC2CCCC21. The van der Waals surface area contributed by atoms with Crippen LogP contribution in [0.1, 0.15) is 62.3 Å². The van der Waals surface area contributed by atoms with E-state index in [4.69, 9.17) is 16.6 Å². The third-order valence-electron chi connectivity index (χ3n) is 5.29. The molecule has 0 bridgehead atoms. The molecule has 0 aromatic carbocycles. The molecule has 2 atom stereocenters. The molecule has 108 valence electrons. The second-order valence-electron chi connectivity index (χ2n) is 6.69. The number of piperidine rings is 1. The quantitative estimate of drug-likeness (QED) is 0.769. The fourth-order valence-corrected chi connectivity index (χ4v) is 4.19. The first-order valence-electron chi connectivity index (χ1n) is 8.04. The first-order chi connectivity index (χ1) is 9.74. The summed E-state index contributed by atoms with van der Waals surface area (Å²) in [5.41, 5.74) is 1.07. The van der Waals surface area contributed by atoms with Gasteiger partial charge in [0.15, 0.2) is 0 Å². The number of hydrogen-bond acceptors (Lipinski definition) is 3. The molecule has 2 heterocycles. The standard InChI is InChI=1S/C16H22ClN3/c1-10-14(17)18-15(12-7-8-12)19-16(10)20-9-3-5-11-4-2-6-13(11)20/h11-13H,2-9H2,1H3. The van der Waals surface area contributed by atoms with Crippen LogP contribution in [0.2, 0.25) is 5.15 Å². The lowest BCUT2D eigenvalue weighted by molar-refractivity contribution is 0.360. The third-order valence-corrected chi connectivity index (χ3v) is 5.65. The van der Waals surface area contributed by atoms with Crippen molar-refractivity contribution in [2.24, 2.45) is 5.92 Å². The van der Waals surface area contributed by atoms with Crippen molar-refractivity contribution in [1.29, 1.82) is 0 Å². The van der Waals surface area contributed by atoms with Gasteiger partial charge in [-0.15, -0.1) is 0 Å². The number of anilines is 1. The summed E-state index contributed by atoms with van der Waals surface area (Å²) in [4.78, 5) is 12.0. The van der Waals surface area contributed by atoms with Gasteiger partial charge >= 0.3 is 0 Å². The molecule has 0 spiro atoms. The van der Waals surface area contributed by atoms with Crippen LogP contribution in [0.15, 0.2) is 0 Å². The van der Waals surface area contributed by atoms with Gasteiger partial charge in [0, 0.05) is 24.1 Å². The van der Waals surface area contributed by atoms with E-state index in [1.54, 1.807) is 0 Å². The Morgan fingerprint density at radius 2 is 1.85 bits per heavy atom. The van der Waals surface area contributed by atoms with E-state index in [9.17, 15) is 0 Å². The maximum atomic E-state index is 6.38. The van der Waals surface area contributed by atoms with Gasteiger partial charge in [0.1, 0.15) is 16.8 Å². The lowest BCUT2D eigenvalue weighted by Crippen LogP contribution is -2.43. The highest BCUT2D eigenvalue weighted by molar-refractivity contribution is 6.30. The highest BCUT2D eigenvalue weighted by atomic mass is 35.5. The number of hydrogen-bond donors (Lipinski definition) is 0. The van der Waals surface area contributed by atoms with Crippen LogP contribution in [0.25, 0.3) is 0 Å². The predicted molar refractivity (Wildman–Crippen MR) is 81.5 cm³/mol. The second-order valence-corrected chi connectivity index (χ2v) is 7.05. The summed E-state index contributed by atoms with van der Waals surface area (Å²) in [6, 6.07) is 0.695. The molecule has 0 amide bonds. The number of nitrogens with zero attached hydrogens (tertiary/aromatic N) is 3. The van der Waals surface area contributed by atoms with Crippen LogP contribution >= 0.6 is 11.6 Å². The van der Waals surface area contributed by atoms with E-state index in [-0.39, 0.29) is 0 Å². The van der Waals surface area contributed by atoms with E-state index in [1.807, 2.05) is 0 Å². The smallest absolute Gasteiger partial charge is 0.137 e. The Bertz CT molecular complexity index is 527. The molecule has 4 heteroatoms. The Hall–Kier alpha value is -0.830. The molecule has 3 fully saturated rings. The van der Waals surface area contributed by atoms with Crippen LogP contribution in [-0.4, -0.2) is 22.6 Å². The van der Waals surface area contributed by atoms with E-state index in [0.29, 0.717) is 17.1 Å². The number of halogens is 1. The maximum Gasteiger partial charge on any atom is 0.137 e. The van der Waals surface area contributed by atoms with Crippen molar-refractivity contribution in [3.05, 3.63) is 16.5 Å². The van der Waals surface area contributed by atoms with Crippen LogP contribution in [0.3, 0.4) is 0 Å². The minimum atomic E-state index is 0.566. The molecule has 2 unspecified atom stereocenters. The summed E-state index contributed by atoms with van der Waals surface area (Å²) >= 11 is 6.38. The fraction of sp³-hybridized carbons (Fsp3) is 0.750. The van der Waals surface area contributed by atoms with E-state index in [2.05, 4.69) is 16.8 Å². The third kappa shape index (κ3) is 2.11. The van der Waals surface area contributed by atoms with Crippen molar-refractivity contribution in [1.82, 2.24) is 9.97 Å². The van der Waals surface area contributed by atoms with Gasteiger partial charge in [-0.1, -0.05) is 18.0 Å². The van der Waals surface area contributed by atoms with Crippen LogP contribution in [0.5, 0.6) is 0 Å². The molecule has 1 aromatic rings. The Balaban J connectivity index is 1.72. The highest BCUT2D eigenvalue weighted by Crippen LogP contribution is 2.43. The lowest BCUT2D eigenvalue weighted by Gasteiger charge is -2.39. The highest BCUT2D eigenvalue weighted by Gasteiger charge is 2.37. The van der Waals surface area contributed by atoms with Crippen molar-refractivity contribution in [2.45, 2.75) is 63.8 Å². The van der Waals surface area contributed by atoms with E-state index < -0.39 is 0 Å². The van der Waals surface area contributed by atoms with Crippen molar-refractivity contribution in [2.75, 3.05) is 11.4 Å². The second kappa shape index (κ2) is 4.87. The van der Waals surface area contributed by atoms with Crippen LogP contribution in [0.4, 0.5) is 5.82 Å². The largest absolute Gasteiger partial charge is 0.353 e. The molecular weight excluding hydrogens is 270 g/mol. The zero-order valence-corrected chi connectivity index (χ0v) is 12.9. The van der Waals surface area contributed by atoms with Crippen molar-refractivity contribution in [3.63, 3.8) is 0 Å². The summed E-state index contributed by atoms with van der Waals surface area (Å²) in [6.45, 7) is 3.21. The average molecular weight is 292 g/mol. The molecule has 2 saturated carbocycles. The van der Waals surface area contributed by atoms with Gasteiger partial charge in [-0.05, 0) is 51.4 Å². The van der Waals surface area contributed by atoms with Crippen molar-refractivity contribution >= 4 is 17.4 Å². The predicted octanol–water partition coefficient (Wildman–Crippen LogP) is 4.08. The van der Waals surface area contributed by atoms with Gasteiger partial charge in [-0.25, -0.2) is 9.97 Å². The van der Waals surface area contributed by atoms with E-state index in [1.165, 1.54) is 44.9 Å². The molecule has 1 aliphatic heterocycles.